The van der Waals surface area contributed by atoms with Crippen molar-refractivity contribution in [3.05, 3.63) is 59.2 Å². The van der Waals surface area contributed by atoms with Gasteiger partial charge in [0, 0.05) is 24.8 Å². The van der Waals surface area contributed by atoms with Gasteiger partial charge < -0.3 is 25.0 Å². The molecule has 2 aliphatic heterocycles. The number of amides is 3. The van der Waals surface area contributed by atoms with Crippen LogP contribution < -0.4 is 15.4 Å². The number of hydrogen-bond acceptors (Lipinski definition) is 5. The molecule has 0 unspecified atom stereocenters. The zero-order chi connectivity index (χ0) is 26.7. The van der Waals surface area contributed by atoms with Crippen molar-refractivity contribution >= 4 is 23.4 Å². The maximum Gasteiger partial charge on any atom is 0.416 e. The molecule has 11 heteroatoms. The van der Waals surface area contributed by atoms with Crippen LogP contribution in [0.3, 0.4) is 0 Å². The average molecular weight is 520 g/mol. The van der Waals surface area contributed by atoms with Gasteiger partial charge in [-0.3, -0.25) is 14.4 Å². The quantitative estimate of drug-likeness (QED) is 0.626. The van der Waals surface area contributed by atoms with Gasteiger partial charge in [0.2, 0.25) is 5.91 Å². The van der Waals surface area contributed by atoms with Gasteiger partial charge in [-0.1, -0.05) is 6.07 Å². The molecule has 4 rings (SSSR count). The van der Waals surface area contributed by atoms with Crippen LogP contribution in [0.4, 0.5) is 18.9 Å². The summed E-state index contributed by atoms with van der Waals surface area (Å²) >= 11 is 0. The van der Waals surface area contributed by atoms with E-state index in [0.29, 0.717) is 25.1 Å². The molecule has 2 aromatic rings. The number of halogens is 3. The van der Waals surface area contributed by atoms with Crippen molar-refractivity contribution in [2.45, 2.75) is 50.6 Å². The Balaban J connectivity index is 1.49. The number of alkyl halides is 3. The number of nitrogens with zero attached hydrogens (tertiary/aromatic N) is 1. The first-order chi connectivity index (χ1) is 17.6. The molecule has 2 aliphatic rings. The van der Waals surface area contributed by atoms with Crippen molar-refractivity contribution < 1.29 is 37.0 Å². The number of nitrogens with one attached hydrogen (secondary N) is 2. The largest absolute Gasteiger partial charge is 0.490 e. The van der Waals surface area contributed by atoms with Crippen LogP contribution in [0.2, 0.25) is 0 Å². The Kier molecular flexibility index (Phi) is 7.72. The lowest BCUT2D eigenvalue weighted by molar-refractivity contribution is -0.137. The number of fused-ring (bicyclic) bond motifs is 2. The molecule has 3 amide bonds. The molecule has 2 N–H and O–H groups in total. The van der Waals surface area contributed by atoms with Crippen molar-refractivity contribution in [2.24, 2.45) is 0 Å². The summed E-state index contributed by atoms with van der Waals surface area (Å²) in [5, 5.41) is 5.31. The van der Waals surface area contributed by atoms with Crippen LogP contribution >= 0.6 is 0 Å². The van der Waals surface area contributed by atoms with Gasteiger partial charge in [-0.25, -0.2) is 0 Å². The van der Waals surface area contributed by atoms with E-state index in [-0.39, 0.29) is 53.8 Å². The number of likely N-dealkylation sites (N-methyl/N-ethyl adjacent to an activating group) is 1. The summed E-state index contributed by atoms with van der Waals surface area (Å²) < 4.78 is 51.1. The Bertz CT molecular complexity index is 1190. The lowest BCUT2D eigenvalue weighted by atomic mass is 9.94. The van der Waals surface area contributed by atoms with Gasteiger partial charge in [-0.05, 0) is 56.2 Å². The monoisotopic (exact) mass is 519 g/mol. The zero-order valence-corrected chi connectivity index (χ0v) is 20.4. The summed E-state index contributed by atoms with van der Waals surface area (Å²) in [7, 11) is 1.66. The van der Waals surface area contributed by atoms with E-state index >= 15 is 0 Å². The van der Waals surface area contributed by atoms with E-state index in [4.69, 9.17) is 9.47 Å². The fraction of sp³-hybridized carbons (Fsp3) is 0.423. The highest BCUT2D eigenvalue weighted by molar-refractivity contribution is 6.05. The Labute approximate surface area is 212 Å². The number of carbonyl (C=O) groups is 3. The minimum Gasteiger partial charge on any atom is -0.490 e. The van der Waals surface area contributed by atoms with Crippen molar-refractivity contribution in [3.8, 4) is 5.75 Å². The van der Waals surface area contributed by atoms with Crippen molar-refractivity contribution in [2.75, 3.05) is 25.5 Å². The van der Waals surface area contributed by atoms with E-state index in [9.17, 15) is 27.6 Å². The van der Waals surface area contributed by atoms with Gasteiger partial charge in [0.1, 0.15) is 18.5 Å². The topological polar surface area (TPSA) is 97.0 Å². The molecular formula is C26H28F3N3O5. The SMILES string of the molecule is CCNC(=O)C[C@@H]1CC[C@@H]2[C@H](COc3ccc(NC(=O)c4cccc(C(F)(F)F)c4)cc3C(=O)N2C)O1. The van der Waals surface area contributed by atoms with E-state index in [1.807, 2.05) is 6.92 Å². The van der Waals surface area contributed by atoms with E-state index in [1.54, 1.807) is 11.9 Å². The van der Waals surface area contributed by atoms with Crippen LogP contribution in [-0.4, -0.2) is 61.1 Å². The third kappa shape index (κ3) is 6.04. The van der Waals surface area contributed by atoms with Crippen LogP contribution in [0.15, 0.2) is 42.5 Å². The van der Waals surface area contributed by atoms with E-state index < -0.39 is 23.8 Å². The van der Waals surface area contributed by atoms with Crippen molar-refractivity contribution in [1.29, 1.82) is 0 Å². The first kappa shape index (κ1) is 26.5. The number of hydrogen-bond donors (Lipinski definition) is 2. The number of rotatable bonds is 5. The van der Waals surface area contributed by atoms with E-state index in [2.05, 4.69) is 10.6 Å². The van der Waals surface area contributed by atoms with Crippen LogP contribution in [0.1, 0.15) is 52.5 Å². The van der Waals surface area contributed by atoms with Crippen molar-refractivity contribution in [3.63, 3.8) is 0 Å². The summed E-state index contributed by atoms with van der Waals surface area (Å²) in [5.41, 5.74) is -0.635. The average Bonchev–Trinajstić information content (AvgIpc) is 2.86. The van der Waals surface area contributed by atoms with E-state index in [0.717, 1.165) is 18.2 Å². The van der Waals surface area contributed by atoms with Crippen LogP contribution in [-0.2, 0) is 15.7 Å². The summed E-state index contributed by atoms with van der Waals surface area (Å²) in [6.45, 7) is 2.55. The molecule has 0 aliphatic carbocycles. The third-order valence-corrected chi connectivity index (χ3v) is 6.51. The summed E-state index contributed by atoms with van der Waals surface area (Å²) in [5.74, 6) is -0.878. The van der Waals surface area contributed by atoms with E-state index in [1.165, 1.54) is 24.3 Å². The highest BCUT2D eigenvalue weighted by Crippen LogP contribution is 2.33. The van der Waals surface area contributed by atoms with Crippen molar-refractivity contribution in [1.82, 2.24) is 10.2 Å². The molecule has 0 spiro atoms. The maximum absolute atomic E-state index is 13.3. The predicted octanol–water partition coefficient (Wildman–Crippen LogP) is 3.86. The minimum atomic E-state index is -4.57. The summed E-state index contributed by atoms with van der Waals surface area (Å²) in [6, 6.07) is 8.31. The molecule has 2 aromatic carbocycles. The molecule has 3 atom stereocenters. The minimum absolute atomic E-state index is 0.0906. The standard InChI is InChI=1S/C26H28F3N3O5/c1-3-30-23(33)13-18-8-9-20-22(37-18)14-36-21-10-7-17(12-19(21)25(35)32(20)2)31-24(34)15-5-4-6-16(11-15)26(27,28)29/h4-7,10-12,18,20,22H,3,8-9,13-14H2,1-2H3,(H,30,33)(H,31,34)/t18-,20+,22-/m0/s1. The second kappa shape index (κ2) is 10.8. The van der Waals surface area contributed by atoms with Crippen LogP contribution in [0.25, 0.3) is 0 Å². The summed E-state index contributed by atoms with van der Waals surface area (Å²) in [6.07, 6.45) is -3.80. The number of carbonyl (C=O) groups excluding carboxylic acids is 3. The molecule has 8 nitrogen and oxygen atoms in total. The number of anilines is 1. The molecule has 1 fully saturated rings. The Morgan fingerprint density at radius 1 is 1.14 bits per heavy atom. The lowest BCUT2D eigenvalue weighted by Crippen LogP contribution is -2.54. The smallest absolute Gasteiger partial charge is 0.416 e. The lowest BCUT2D eigenvalue weighted by Gasteiger charge is -2.42. The molecular weight excluding hydrogens is 491 g/mol. The zero-order valence-electron chi connectivity index (χ0n) is 20.4. The molecule has 0 radical (unpaired) electrons. The summed E-state index contributed by atoms with van der Waals surface area (Å²) in [4.78, 5) is 39.5. The van der Waals surface area contributed by atoms with Gasteiger partial charge >= 0.3 is 6.18 Å². The fourth-order valence-corrected chi connectivity index (χ4v) is 4.62. The normalized spacial score (nSPS) is 21.6. The Hall–Kier alpha value is -3.60. The van der Waals surface area contributed by atoms with Gasteiger partial charge in [-0.2, -0.15) is 13.2 Å². The van der Waals surface area contributed by atoms with Gasteiger partial charge in [0.05, 0.1) is 29.7 Å². The molecule has 0 saturated carbocycles. The molecule has 1 saturated heterocycles. The molecule has 0 aromatic heterocycles. The molecule has 2 heterocycles. The first-order valence-corrected chi connectivity index (χ1v) is 12.0. The third-order valence-electron chi connectivity index (χ3n) is 6.51. The highest BCUT2D eigenvalue weighted by Gasteiger charge is 2.39. The number of benzene rings is 2. The molecule has 0 bridgehead atoms. The van der Waals surface area contributed by atoms with Gasteiger partial charge in [0.15, 0.2) is 0 Å². The van der Waals surface area contributed by atoms with Crippen LogP contribution in [0, 0.1) is 0 Å². The molecule has 198 valence electrons. The number of ether oxygens (including phenoxy) is 2. The van der Waals surface area contributed by atoms with Gasteiger partial charge in [-0.15, -0.1) is 0 Å². The Morgan fingerprint density at radius 2 is 1.92 bits per heavy atom. The second-order valence-corrected chi connectivity index (χ2v) is 9.07. The second-order valence-electron chi connectivity index (χ2n) is 9.07. The van der Waals surface area contributed by atoms with Crippen LogP contribution in [0.5, 0.6) is 5.75 Å². The Morgan fingerprint density at radius 3 is 2.65 bits per heavy atom. The molecule has 37 heavy (non-hydrogen) atoms. The maximum atomic E-state index is 13.3. The first-order valence-electron chi connectivity index (χ1n) is 12.0. The van der Waals surface area contributed by atoms with Gasteiger partial charge in [0.25, 0.3) is 11.8 Å². The predicted molar refractivity (Wildman–Crippen MR) is 128 cm³/mol. The highest BCUT2D eigenvalue weighted by atomic mass is 19.4. The fourth-order valence-electron chi connectivity index (χ4n) is 4.62.